The standard InChI is InChI=1S/C10H15NO/c1-2-8-5-3-4-6-9(8)10(11)7-12/h3-6,10,12H,2,7,11H2,1H3/t10-/m1/s1. The summed E-state index contributed by atoms with van der Waals surface area (Å²) in [6, 6.07) is 7.72. The fourth-order valence-electron chi connectivity index (χ4n) is 1.32. The van der Waals surface area contributed by atoms with E-state index in [0.717, 1.165) is 12.0 Å². The lowest BCUT2D eigenvalue weighted by atomic mass is 10.00. The smallest absolute Gasteiger partial charge is 0.0624 e. The zero-order chi connectivity index (χ0) is 8.97. The topological polar surface area (TPSA) is 46.2 Å². The average molecular weight is 165 g/mol. The first kappa shape index (κ1) is 9.23. The molecule has 2 heteroatoms. The number of aryl methyl sites for hydroxylation is 1. The minimum atomic E-state index is -0.235. The molecule has 1 aromatic rings. The third-order valence-corrected chi connectivity index (χ3v) is 2.03. The maximum absolute atomic E-state index is 8.88. The highest BCUT2D eigenvalue weighted by Crippen LogP contribution is 2.15. The molecule has 0 fully saturated rings. The lowest BCUT2D eigenvalue weighted by Gasteiger charge is -2.12. The highest BCUT2D eigenvalue weighted by Gasteiger charge is 2.06. The molecule has 3 N–H and O–H groups in total. The van der Waals surface area contributed by atoms with E-state index in [9.17, 15) is 0 Å². The quantitative estimate of drug-likeness (QED) is 0.708. The molecule has 0 aliphatic carbocycles. The van der Waals surface area contributed by atoms with Gasteiger partial charge in [-0.05, 0) is 17.5 Å². The molecule has 0 spiro atoms. The van der Waals surface area contributed by atoms with Crippen LogP contribution in [-0.2, 0) is 6.42 Å². The van der Waals surface area contributed by atoms with Gasteiger partial charge in [0.1, 0.15) is 0 Å². The van der Waals surface area contributed by atoms with Crippen molar-refractivity contribution in [2.75, 3.05) is 6.61 Å². The molecule has 0 radical (unpaired) electrons. The van der Waals surface area contributed by atoms with E-state index in [-0.39, 0.29) is 12.6 Å². The van der Waals surface area contributed by atoms with Crippen LogP contribution in [0.2, 0.25) is 0 Å². The van der Waals surface area contributed by atoms with Gasteiger partial charge in [0, 0.05) is 0 Å². The maximum atomic E-state index is 8.88. The molecule has 0 aliphatic rings. The second-order valence-electron chi connectivity index (χ2n) is 2.84. The highest BCUT2D eigenvalue weighted by atomic mass is 16.3. The van der Waals surface area contributed by atoms with Gasteiger partial charge in [0.15, 0.2) is 0 Å². The van der Waals surface area contributed by atoms with Gasteiger partial charge in [0.25, 0.3) is 0 Å². The van der Waals surface area contributed by atoms with Crippen LogP contribution in [0, 0.1) is 0 Å². The number of rotatable bonds is 3. The van der Waals surface area contributed by atoms with Gasteiger partial charge in [0.2, 0.25) is 0 Å². The Morgan fingerprint density at radius 2 is 2.08 bits per heavy atom. The van der Waals surface area contributed by atoms with Gasteiger partial charge >= 0.3 is 0 Å². The van der Waals surface area contributed by atoms with E-state index >= 15 is 0 Å². The summed E-state index contributed by atoms with van der Waals surface area (Å²) in [5.41, 5.74) is 8.00. The number of aliphatic hydroxyl groups excluding tert-OH is 1. The van der Waals surface area contributed by atoms with Crippen molar-refractivity contribution in [1.29, 1.82) is 0 Å². The first-order valence-electron chi connectivity index (χ1n) is 4.23. The Morgan fingerprint density at radius 3 is 2.67 bits per heavy atom. The van der Waals surface area contributed by atoms with Crippen LogP contribution in [-0.4, -0.2) is 11.7 Å². The van der Waals surface area contributed by atoms with Gasteiger partial charge in [-0.15, -0.1) is 0 Å². The highest BCUT2D eigenvalue weighted by molar-refractivity contribution is 5.29. The summed E-state index contributed by atoms with van der Waals surface area (Å²) in [6.07, 6.45) is 0.962. The molecule has 1 atom stereocenters. The van der Waals surface area contributed by atoms with Gasteiger partial charge < -0.3 is 10.8 Å². The molecular formula is C10H15NO. The minimum Gasteiger partial charge on any atom is -0.394 e. The predicted molar refractivity (Wildman–Crippen MR) is 49.8 cm³/mol. The summed E-state index contributed by atoms with van der Waals surface area (Å²) >= 11 is 0. The van der Waals surface area contributed by atoms with Crippen LogP contribution in [0.5, 0.6) is 0 Å². The van der Waals surface area contributed by atoms with Crippen molar-refractivity contribution in [2.24, 2.45) is 5.73 Å². The maximum Gasteiger partial charge on any atom is 0.0624 e. The lowest BCUT2D eigenvalue weighted by molar-refractivity contribution is 0.267. The van der Waals surface area contributed by atoms with Crippen LogP contribution >= 0.6 is 0 Å². The molecule has 0 saturated carbocycles. The van der Waals surface area contributed by atoms with Crippen molar-refractivity contribution < 1.29 is 5.11 Å². The molecular weight excluding hydrogens is 150 g/mol. The molecule has 0 aromatic heterocycles. The molecule has 0 aliphatic heterocycles. The largest absolute Gasteiger partial charge is 0.394 e. The zero-order valence-electron chi connectivity index (χ0n) is 7.33. The number of nitrogens with two attached hydrogens (primary N) is 1. The molecule has 0 bridgehead atoms. The molecule has 66 valence electrons. The van der Waals surface area contributed by atoms with Crippen molar-refractivity contribution in [2.45, 2.75) is 19.4 Å². The van der Waals surface area contributed by atoms with E-state index in [2.05, 4.69) is 6.92 Å². The number of hydrogen-bond acceptors (Lipinski definition) is 2. The Hall–Kier alpha value is -0.860. The second-order valence-corrected chi connectivity index (χ2v) is 2.84. The Balaban J connectivity index is 2.96. The van der Waals surface area contributed by atoms with Crippen molar-refractivity contribution in [3.63, 3.8) is 0 Å². The zero-order valence-corrected chi connectivity index (χ0v) is 7.33. The lowest BCUT2D eigenvalue weighted by Crippen LogP contribution is -2.16. The first-order chi connectivity index (χ1) is 5.79. The van der Waals surface area contributed by atoms with Crippen LogP contribution in [0.25, 0.3) is 0 Å². The minimum absolute atomic E-state index is 0.0109. The third-order valence-electron chi connectivity index (χ3n) is 2.03. The van der Waals surface area contributed by atoms with E-state index in [1.165, 1.54) is 5.56 Å². The predicted octanol–water partition coefficient (Wildman–Crippen LogP) is 1.24. The van der Waals surface area contributed by atoms with Crippen LogP contribution < -0.4 is 5.73 Å². The SMILES string of the molecule is CCc1ccccc1[C@H](N)CO. The van der Waals surface area contributed by atoms with Gasteiger partial charge in [-0.2, -0.15) is 0 Å². The van der Waals surface area contributed by atoms with Gasteiger partial charge in [-0.1, -0.05) is 31.2 Å². The molecule has 1 rings (SSSR count). The van der Waals surface area contributed by atoms with E-state index in [1.54, 1.807) is 0 Å². The monoisotopic (exact) mass is 165 g/mol. The van der Waals surface area contributed by atoms with E-state index < -0.39 is 0 Å². The van der Waals surface area contributed by atoms with Crippen molar-refractivity contribution in [3.05, 3.63) is 35.4 Å². The average Bonchev–Trinajstić information content (AvgIpc) is 2.16. The molecule has 12 heavy (non-hydrogen) atoms. The van der Waals surface area contributed by atoms with Crippen LogP contribution in [0.4, 0.5) is 0 Å². The van der Waals surface area contributed by atoms with E-state index in [1.807, 2.05) is 24.3 Å². The Morgan fingerprint density at radius 1 is 1.42 bits per heavy atom. The summed E-state index contributed by atoms with van der Waals surface area (Å²) in [5, 5.41) is 8.88. The van der Waals surface area contributed by atoms with Gasteiger partial charge in [0.05, 0.1) is 12.6 Å². The summed E-state index contributed by atoms with van der Waals surface area (Å²) in [4.78, 5) is 0. The van der Waals surface area contributed by atoms with Crippen molar-refractivity contribution in [3.8, 4) is 0 Å². The summed E-state index contributed by atoms with van der Waals surface area (Å²) in [7, 11) is 0. The van der Waals surface area contributed by atoms with Crippen LogP contribution in [0.3, 0.4) is 0 Å². The normalized spacial score (nSPS) is 12.9. The number of benzene rings is 1. The Kier molecular flexibility index (Phi) is 3.26. The number of hydrogen-bond donors (Lipinski definition) is 2. The fraction of sp³-hybridized carbons (Fsp3) is 0.400. The van der Waals surface area contributed by atoms with Crippen LogP contribution in [0.1, 0.15) is 24.1 Å². The van der Waals surface area contributed by atoms with Crippen LogP contribution in [0.15, 0.2) is 24.3 Å². The van der Waals surface area contributed by atoms with Gasteiger partial charge in [-0.25, -0.2) is 0 Å². The summed E-state index contributed by atoms with van der Waals surface area (Å²) in [6.45, 7) is 2.10. The molecule has 0 unspecified atom stereocenters. The Bertz CT molecular complexity index is 247. The second kappa shape index (κ2) is 4.24. The Labute approximate surface area is 73.0 Å². The van der Waals surface area contributed by atoms with Crippen molar-refractivity contribution in [1.82, 2.24) is 0 Å². The molecule has 0 amide bonds. The first-order valence-corrected chi connectivity index (χ1v) is 4.23. The molecule has 1 aromatic carbocycles. The third kappa shape index (κ3) is 1.84. The van der Waals surface area contributed by atoms with Gasteiger partial charge in [-0.3, -0.25) is 0 Å². The fourth-order valence-corrected chi connectivity index (χ4v) is 1.32. The summed E-state index contributed by atoms with van der Waals surface area (Å²) < 4.78 is 0. The van der Waals surface area contributed by atoms with Crippen molar-refractivity contribution >= 4 is 0 Å². The molecule has 0 heterocycles. The molecule has 0 saturated heterocycles. The van der Waals surface area contributed by atoms with E-state index in [0.29, 0.717) is 0 Å². The van der Waals surface area contributed by atoms with E-state index in [4.69, 9.17) is 10.8 Å². The molecule has 2 nitrogen and oxygen atoms in total. The summed E-state index contributed by atoms with van der Waals surface area (Å²) in [5.74, 6) is 0. The number of aliphatic hydroxyl groups is 1.